The van der Waals surface area contributed by atoms with Crippen LogP contribution in [-0.4, -0.2) is 20.3 Å². The van der Waals surface area contributed by atoms with Gasteiger partial charge in [-0.2, -0.15) is 4.98 Å². The van der Waals surface area contributed by atoms with Crippen molar-refractivity contribution in [2.45, 2.75) is 19.8 Å². The van der Waals surface area contributed by atoms with Gasteiger partial charge in [0.25, 0.3) is 0 Å². The fourth-order valence-electron chi connectivity index (χ4n) is 1.79. The van der Waals surface area contributed by atoms with E-state index < -0.39 is 0 Å². The molecule has 1 aromatic heterocycles. The number of allylic oxidation sites excluding steroid dienone is 12. The first-order chi connectivity index (χ1) is 10.7. The Hall–Kier alpha value is -2.75. The molecule has 1 aliphatic rings. The molecule has 0 unspecified atom stereocenters. The first-order valence-electron chi connectivity index (χ1n) is 7.17. The van der Waals surface area contributed by atoms with Gasteiger partial charge >= 0.3 is 0 Å². The molecule has 2 rings (SSSR count). The van der Waals surface area contributed by atoms with E-state index in [4.69, 9.17) is 0 Å². The van der Waals surface area contributed by atoms with Gasteiger partial charge in [0.15, 0.2) is 5.82 Å². The second kappa shape index (κ2) is 7.88. The maximum absolute atomic E-state index is 9.98. The minimum atomic E-state index is -0.0669. The predicted octanol–water partition coefficient (Wildman–Crippen LogP) is 3.88. The van der Waals surface area contributed by atoms with Crippen LogP contribution in [0, 0.1) is 0 Å². The summed E-state index contributed by atoms with van der Waals surface area (Å²) in [6.07, 6.45) is 21.1. The van der Waals surface area contributed by atoms with Crippen molar-refractivity contribution in [2.75, 3.05) is 0 Å². The van der Waals surface area contributed by atoms with Crippen LogP contribution in [0.15, 0.2) is 66.8 Å². The van der Waals surface area contributed by atoms with Crippen LogP contribution < -0.4 is 0 Å². The molecule has 0 aliphatic heterocycles. The summed E-state index contributed by atoms with van der Waals surface area (Å²) >= 11 is 0. The molecule has 0 bridgehead atoms. The van der Waals surface area contributed by atoms with Gasteiger partial charge in [-0.25, -0.2) is 0 Å². The van der Waals surface area contributed by atoms with E-state index in [0.717, 1.165) is 5.57 Å². The highest BCUT2D eigenvalue weighted by molar-refractivity contribution is 5.71. The maximum Gasteiger partial charge on any atom is 0.237 e. The van der Waals surface area contributed by atoms with Crippen molar-refractivity contribution in [3.05, 3.63) is 78.4 Å². The highest BCUT2D eigenvalue weighted by atomic mass is 16.3. The van der Waals surface area contributed by atoms with Crippen LogP contribution >= 0.6 is 0 Å². The summed E-state index contributed by atoms with van der Waals surface area (Å²) in [4.78, 5) is 4.16. The lowest BCUT2D eigenvalue weighted by Gasteiger charge is -2.06. The molecular formula is C18H19N3O. The minimum Gasteiger partial charge on any atom is -0.492 e. The fraction of sp³-hybridized carbons (Fsp3) is 0.167. The number of hydrogen-bond acceptors (Lipinski definition) is 4. The Morgan fingerprint density at radius 2 is 1.41 bits per heavy atom. The quantitative estimate of drug-likeness (QED) is 0.899. The lowest BCUT2D eigenvalue weighted by Crippen LogP contribution is -2.02. The van der Waals surface area contributed by atoms with Gasteiger partial charge in [0.1, 0.15) is 5.69 Å². The van der Waals surface area contributed by atoms with Crippen molar-refractivity contribution >= 4 is 5.57 Å². The highest BCUT2D eigenvalue weighted by Gasteiger charge is 2.12. The van der Waals surface area contributed by atoms with E-state index in [1.165, 1.54) is 0 Å². The standard InChI is InChI=1S/C18H19N3O/c1-14(2)16-18(22)19-17(21-20-16)15-12-10-8-6-4-3-5-7-9-11-13-15/h3-14H,1-2H3,(H,19,21,22)/b4-3-,5-3?,6-4?,7-5-,8-6-,9-7?,10-8?,11-9-,12-10-,13-11?,15-12?,15-13+. The van der Waals surface area contributed by atoms with Gasteiger partial charge < -0.3 is 5.11 Å². The third-order valence-corrected chi connectivity index (χ3v) is 2.94. The molecule has 0 saturated carbocycles. The van der Waals surface area contributed by atoms with Gasteiger partial charge in [0.2, 0.25) is 5.88 Å². The number of rotatable bonds is 2. The van der Waals surface area contributed by atoms with Gasteiger partial charge in [-0.05, 0) is 0 Å². The molecule has 0 radical (unpaired) electrons. The van der Waals surface area contributed by atoms with E-state index >= 15 is 0 Å². The smallest absolute Gasteiger partial charge is 0.237 e. The topological polar surface area (TPSA) is 58.9 Å². The van der Waals surface area contributed by atoms with Crippen molar-refractivity contribution in [3.63, 3.8) is 0 Å². The molecule has 1 N–H and O–H groups in total. The Kier molecular flexibility index (Phi) is 5.60. The summed E-state index contributed by atoms with van der Waals surface area (Å²) in [7, 11) is 0. The zero-order valence-electron chi connectivity index (χ0n) is 12.7. The van der Waals surface area contributed by atoms with Crippen LogP contribution in [0.25, 0.3) is 5.57 Å². The van der Waals surface area contributed by atoms with Gasteiger partial charge in [-0.1, -0.05) is 80.7 Å². The minimum absolute atomic E-state index is 0.0669. The molecule has 4 heteroatoms. The van der Waals surface area contributed by atoms with Gasteiger partial charge in [-0.3, -0.25) is 0 Å². The Morgan fingerprint density at radius 3 is 2.00 bits per heavy atom. The van der Waals surface area contributed by atoms with Crippen LogP contribution in [0.2, 0.25) is 0 Å². The zero-order chi connectivity index (χ0) is 15.8. The third-order valence-electron chi connectivity index (χ3n) is 2.94. The molecule has 0 aromatic carbocycles. The normalized spacial score (nSPS) is 24.4. The van der Waals surface area contributed by atoms with Crippen LogP contribution in [0.1, 0.15) is 31.3 Å². The maximum atomic E-state index is 9.98. The summed E-state index contributed by atoms with van der Waals surface area (Å²) in [5.74, 6) is 0.408. The van der Waals surface area contributed by atoms with E-state index in [9.17, 15) is 5.11 Å². The summed E-state index contributed by atoms with van der Waals surface area (Å²) in [5, 5.41) is 18.2. The van der Waals surface area contributed by atoms with Crippen molar-refractivity contribution in [1.82, 2.24) is 15.2 Å². The monoisotopic (exact) mass is 293 g/mol. The molecule has 4 nitrogen and oxygen atoms in total. The second-order valence-electron chi connectivity index (χ2n) is 5.02. The molecule has 0 spiro atoms. The van der Waals surface area contributed by atoms with E-state index in [1.54, 1.807) is 0 Å². The lowest BCUT2D eigenvalue weighted by atomic mass is 10.1. The molecule has 1 aliphatic carbocycles. The van der Waals surface area contributed by atoms with Crippen molar-refractivity contribution in [1.29, 1.82) is 0 Å². The number of aromatic nitrogens is 3. The average molecular weight is 293 g/mol. The van der Waals surface area contributed by atoms with E-state index in [1.807, 2.05) is 80.7 Å². The van der Waals surface area contributed by atoms with Crippen LogP contribution in [0.4, 0.5) is 0 Å². The Balaban J connectivity index is 2.37. The first kappa shape index (κ1) is 15.6. The molecule has 1 heterocycles. The van der Waals surface area contributed by atoms with Gasteiger partial charge in [0.05, 0.1) is 0 Å². The van der Waals surface area contributed by atoms with Gasteiger partial charge in [0, 0.05) is 11.5 Å². The summed E-state index contributed by atoms with van der Waals surface area (Å²) in [6, 6.07) is 0. The lowest BCUT2D eigenvalue weighted by molar-refractivity contribution is 0.432. The molecule has 22 heavy (non-hydrogen) atoms. The van der Waals surface area contributed by atoms with Crippen molar-refractivity contribution in [3.8, 4) is 5.88 Å². The number of hydrogen-bond donors (Lipinski definition) is 1. The average Bonchev–Trinajstić information content (AvgIpc) is 2.47. The van der Waals surface area contributed by atoms with E-state index in [0.29, 0.717) is 11.5 Å². The highest BCUT2D eigenvalue weighted by Crippen LogP contribution is 2.22. The first-order valence-corrected chi connectivity index (χ1v) is 7.17. The van der Waals surface area contributed by atoms with Crippen molar-refractivity contribution < 1.29 is 5.11 Å². The molecule has 1 aromatic rings. The summed E-state index contributed by atoms with van der Waals surface area (Å²) < 4.78 is 0. The Labute approximate surface area is 130 Å². The molecule has 0 saturated heterocycles. The largest absolute Gasteiger partial charge is 0.492 e. The molecular weight excluding hydrogens is 274 g/mol. The summed E-state index contributed by atoms with van der Waals surface area (Å²) in [6.45, 7) is 3.88. The van der Waals surface area contributed by atoms with Crippen LogP contribution in [0.5, 0.6) is 5.88 Å². The van der Waals surface area contributed by atoms with Crippen LogP contribution in [0.3, 0.4) is 0 Å². The zero-order valence-corrected chi connectivity index (χ0v) is 12.7. The third kappa shape index (κ3) is 4.38. The predicted molar refractivity (Wildman–Crippen MR) is 89.3 cm³/mol. The molecule has 112 valence electrons. The Bertz CT molecular complexity index is 692. The summed E-state index contributed by atoms with van der Waals surface area (Å²) in [5.41, 5.74) is 1.28. The Morgan fingerprint density at radius 1 is 0.818 bits per heavy atom. The van der Waals surface area contributed by atoms with E-state index in [2.05, 4.69) is 15.2 Å². The van der Waals surface area contributed by atoms with Crippen molar-refractivity contribution in [2.24, 2.45) is 0 Å². The molecule has 0 amide bonds. The number of nitrogens with zero attached hydrogens (tertiary/aromatic N) is 3. The number of aromatic hydroxyl groups is 1. The van der Waals surface area contributed by atoms with E-state index in [-0.39, 0.29) is 11.8 Å². The molecule has 0 atom stereocenters. The second-order valence-corrected chi connectivity index (χ2v) is 5.02. The fourth-order valence-corrected chi connectivity index (χ4v) is 1.79. The van der Waals surface area contributed by atoms with Crippen LogP contribution in [-0.2, 0) is 0 Å². The SMILES string of the molecule is CC(C)c1nnc(C2=C/C=C\C=C/C=C\C=C/C=C\2)nc1O. The molecule has 0 fully saturated rings. The van der Waals surface area contributed by atoms with Gasteiger partial charge in [-0.15, -0.1) is 10.2 Å².